The van der Waals surface area contributed by atoms with Crippen molar-refractivity contribution in [3.63, 3.8) is 0 Å². The quantitative estimate of drug-likeness (QED) is 0.132. The Bertz CT molecular complexity index is 1790. The van der Waals surface area contributed by atoms with Crippen molar-refractivity contribution >= 4 is 29.0 Å². The minimum absolute atomic E-state index is 0.122. The molecule has 13 heteroatoms. The van der Waals surface area contributed by atoms with Gasteiger partial charge in [-0.2, -0.15) is 0 Å². The molecule has 0 atom stereocenters. The van der Waals surface area contributed by atoms with Gasteiger partial charge >= 0.3 is 5.97 Å². The van der Waals surface area contributed by atoms with Gasteiger partial charge in [-0.15, -0.1) is 0 Å². The summed E-state index contributed by atoms with van der Waals surface area (Å²) in [6.07, 6.45) is 4.47. The number of pyridine rings is 1. The fourth-order valence-electron chi connectivity index (χ4n) is 5.60. The highest BCUT2D eigenvalue weighted by molar-refractivity contribution is 5.92. The first-order chi connectivity index (χ1) is 25.2. The molecule has 2 aliphatic rings. The maximum Gasteiger partial charge on any atom is 0.335 e. The molecular weight excluding hydrogens is 679 g/mol. The Kier molecular flexibility index (Phi) is 14.9. The van der Waals surface area contributed by atoms with Crippen molar-refractivity contribution in [2.75, 3.05) is 45.3 Å². The van der Waals surface area contributed by atoms with Gasteiger partial charge in [-0.3, -0.25) is 4.90 Å². The van der Waals surface area contributed by atoms with Crippen LogP contribution < -0.4 is 15.8 Å². The summed E-state index contributed by atoms with van der Waals surface area (Å²) in [7, 11) is 3.68. The summed E-state index contributed by atoms with van der Waals surface area (Å²) in [5.74, 6) is 0.491. The van der Waals surface area contributed by atoms with Crippen LogP contribution in [-0.4, -0.2) is 87.9 Å². The zero-order valence-corrected chi connectivity index (χ0v) is 31.9. The molecule has 2 fully saturated rings. The average molecular weight is 735 g/mol. The van der Waals surface area contributed by atoms with Crippen LogP contribution in [0.2, 0.25) is 0 Å². The third kappa shape index (κ3) is 12.9. The minimum Gasteiger partial charge on any atom is -0.478 e. The number of benzene rings is 2. The number of aryl methyl sites for hydroxylation is 1. The summed E-state index contributed by atoms with van der Waals surface area (Å²) in [5.41, 5.74) is 9.09. The van der Waals surface area contributed by atoms with Gasteiger partial charge in [0.2, 0.25) is 5.88 Å². The van der Waals surface area contributed by atoms with Crippen molar-refractivity contribution in [2.24, 2.45) is 12.8 Å². The van der Waals surface area contributed by atoms with E-state index in [1.165, 1.54) is 12.5 Å². The van der Waals surface area contributed by atoms with Crippen molar-refractivity contribution in [3.8, 4) is 5.88 Å². The van der Waals surface area contributed by atoms with E-state index in [1.54, 1.807) is 37.4 Å². The Labute approximate surface area is 311 Å². The smallest absolute Gasteiger partial charge is 0.335 e. The lowest BCUT2D eigenvalue weighted by molar-refractivity contribution is -0.114. The van der Waals surface area contributed by atoms with Gasteiger partial charge in [-0.25, -0.2) is 19.2 Å². The third-order valence-corrected chi connectivity index (χ3v) is 9.04. The Morgan fingerprint density at radius 3 is 2.38 bits per heavy atom. The fraction of sp³-hybridized carbons (Fsp3) is 0.500. The van der Waals surface area contributed by atoms with Crippen LogP contribution in [0.3, 0.4) is 0 Å². The van der Waals surface area contributed by atoms with Crippen molar-refractivity contribution < 1.29 is 33.3 Å². The lowest BCUT2D eigenvalue weighted by atomic mass is 9.93. The van der Waals surface area contributed by atoms with Gasteiger partial charge in [0.1, 0.15) is 24.5 Å². The molecule has 0 saturated carbocycles. The van der Waals surface area contributed by atoms with Crippen LogP contribution in [0.15, 0.2) is 54.6 Å². The number of ether oxygens (including phenoxy) is 3. The highest BCUT2D eigenvalue weighted by atomic mass is 19.1. The lowest BCUT2D eigenvalue weighted by Crippen LogP contribution is -2.41. The molecule has 53 heavy (non-hydrogen) atoms. The predicted octanol–water partition coefficient (Wildman–Crippen LogP) is 6.32. The number of imidazole rings is 1. The van der Waals surface area contributed by atoms with Crippen molar-refractivity contribution in [1.82, 2.24) is 19.4 Å². The number of piperidine rings is 1. The molecule has 2 aliphatic heterocycles. The van der Waals surface area contributed by atoms with Crippen molar-refractivity contribution in [3.05, 3.63) is 83.1 Å². The van der Waals surface area contributed by atoms with E-state index >= 15 is 0 Å². The molecule has 12 nitrogen and oxygen atoms in total. The zero-order valence-electron chi connectivity index (χ0n) is 31.9. The van der Waals surface area contributed by atoms with E-state index in [9.17, 15) is 19.1 Å². The molecule has 0 unspecified atom stereocenters. The maximum absolute atomic E-state index is 14.3. The van der Waals surface area contributed by atoms with E-state index in [0.717, 1.165) is 73.7 Å². The number of halogens is 1. The number of aldehydes is 1. The second-order valence-electron chi connectivity index (χ2n) is 14.8. The van der Waals surface area contributed by atoms with Crippen molar-refractivity contribution in [2.45, 2.75) is 83.6 Å². The SMILES string of the molecule is C1COC1.CC(C)(N)COC(C)(C)CC=O.CNc1ccc(COc2cccc(C3CCN(Cc4nc5ccc(C(=O)O)cc5n4C)CC3)n2)c(F)c1. The molecule has 288 valence electrons. The number of aromatic nitrogens is 3. The number of hydrogen-bond donors (Lipinski definition) is 3. The number of aromatic carboxylic acids is 1. The van der Waals surface area contributed by atoms with Crippen LogP contribution in [0.25, 0.3) is 11.0 Å². The molecule has 0 spiro atoms. The number of carboxylic acids is 1. The van der Waals surface area contributed by atoms with Crippen LogP contribution in [-0.2, 0) is 34.5 Å². The van der Waals surface area contributed by atoms with E-state index in [4.69, 9.17) is 29.9 Å². The number of rotatable bonds is 13. The number of anilines is 1. The summed E-state index contributed by atoms with van der Waals surface area (Å²) in [6, 6.07) is 15.8. The highest BCUT2D eigenvalue weighted by Crippen LogP contribution is 2.29. The molecule has 0 bridgehead atoms. The van der Waals surface area contributed by atoms with Gasteiger partial charge in [-0.1, -0.05) is 12.1 Å². The van der Waals surface area contributed by atoms with Crippen molar-refractivity contribution in [1.29, 1.82) is 0 Å². The van der Waals surface area contributed by atoms with Crippen LogP contribution >= 0.6 is 0 Å². The van der Waals surface area contributed by atoms with Crippen LogP contribution in [0, 0.1) is 5.82 Å². The van der Waals surface area contributed by atoms with E-state index in [0.29, 0.717) is 36.9 Å². The normalized spacial score (nSPS) is 15.0. The fourth-order valence-corrected chi connectivity index (χ4v) is 5.60. The summed E-state index contributed by atoms with van der Waals surface area (Å²) >= 11 is 0. The standard InChI is InChI=1S/C28H30FN5O3.C9H19NO2.C3H6O/c1-30-21-8-6-20(22(29)15-21)17-37-27-5-3-4-23(32-27)18-10-12-34(13-11-18)16-26-31-24-9-7-19(28(35)36)14-25(24)33(26)2;1-8(2,10)7-12-9(3,4)5-6-11;1-2-4-3-1/h3-9,14-15,18,30H,10-13,16-17H2,1-2H3,(H,35,36);6H,5,7,10H2,1-4H3;1-3H2. The Balaban J connectivity index is 0.000000326. The largest absolute Gasteiger partial charge is 0.478 e. The predicted molar refractivity (Wildman–Crippen MR) is 204 cm³/mol. The first-order valence-electron chi connectivity index (χ1n) is 18.1. The monoisotopic (exact) mass is 734 g/mol. The molecule has 0 aliphatic carbocycles. The Morgan fingerprint density at radius 1 is 1.09 bits per heavy atom. The molecule has 4 aromatic rings. The number of likely N-dealkylation sites (tertiary alicyclic amines) is 1. The zero-order chi connectivity index (χ0) is 38.6. The van der Waals surface area contributed by atoms with E-state index in [-0.39, 0.29) is 23.5 Å². The van der Waals surface area contributed by atoms with E-state index < -0.39 is 11.6 Å². The summed E-state index contributed by atoms with van der Waals surface area (Å²) in [4.78, 5) is 33.4. The summed E-state index contributed by atoms with van der Waals surface area (Å²) < 4.78 is 32.3. The maximum atomic E-state index is 14.3. The van der Waals surface area contributed by atoms with Gasteiger partial charge in [0.25, 0.3) is 0 Å². The molecule has 0 amide bonds. The topological polar surface area (TPSA) is 154 Å². The van der Waals surface area contributed by atoms with Gasteiger partial charge in [0, 0.05) is 68.2 Å². The van der Waals surface area contributed by atoms with Gasteiger partial charge in [-0.05, 0) is 96.4 Å². The van der Waals surface area contributed by atoms with Gasteiger partial charge in [0.15, 0.2) is 0 Å². The number of nitrogens with two attached hydrogens (primary N) is 1. The second kappa shape index (κ2) is 19.1. The third-order valence-electron chi connectivity index (χ3n) is 9.04. The Morgan fingerprint density at radius 2 is 1.79 bits per heavy atom. The van der Waals surface area contributed by atoms with E-state index in [2.05, 4.69) is 10.2 Å². The number of hydrogen-bond acceptors (Lipinski definition) is 10. The molecule has 4 heterocycles. The lowest BCUT2D eigenvalue weighted by Gasteiger charge is -2.31. The van der Waals surface area contributed by atoms with Crippen LogP contribution in [0.5, 0.6) is 5.88 Å². The second-order valence-corrected chi connectivity index (χ2v) is 14.8. The minimum atomic E-state index is -0.940. The number of nitrogens with zero attached hydrogens (tertiary/aromatic N) is 4. The number of nitrogens with one attached hydrogen (secondary N) is 1. The molecule has 2 aromatic carbocycles. The van der Waals surface area contributed by atoms with Gasteiger partial charge in [0.05, 0.1) is 35.3 Å². The molecule has 0 radical (unpaired) electrons. The van der Waals surface area contributed by atoms with Crippen LogP contribution in [0.1, 0.15) is 86.7 Å². The summed E-state index contributed by atoms with van der Waals surface area (Å²) in [6.45, 7) is 12.7. The molecule has 4 N–H and O–H groups in total. The first-order valence-corrected chi connectivity index (χ1v) is 18.1. The molecule has 2 saturated heterocycles. The molecular formula is C40H55FN6O6. The van der Waals surface area contributed by atoms with E-state index in [1.807, 2.05) is 57.5 Å². The Hall–Kier alpha value is -4.43. The molecule has 6 rings (SSSR count). The van der Waals surface area contributed by atoms with Gasteiger partial charge < -0.3 is 39.7 Å². The molecule has 2 aromatic heterocycles. The first kappa shape index (κ1) is 41.3. The number of carbonyl (C=O) groups is 2. The highest BCUT2D eigenvalue weighted by Gasteiger charge is 2.24. The number of carboxylic acid groups (broad SMARTS) is 1. The average Bonchev–Trinajstić information content (AvgIpc) is 3.40. The number of fused-ring (bicyclic) bond motifs is 1. The van der Waals surface area contributed by atoms with Crippen LogP contribution in [0.4, 0.5) is 10.1 Å². The summed E-state index contributed by atoms with van der Waals surface area (Å²) in [5, 5.41) is 12.2. The number of carbonyl (C=O) groups excluding carboxylic acids is 1.